The van der Waals surface area contributed by atoms with Gasteiger partial charge in [0.15, 0.2) is 5.82 Å². The number of fused-ring (bicyclic) bond motifs is 2. The lowest BCUT2D eigenvalue weighted by Gasteiger charge is -2.41. The molecule has 1 saturated heterocycles. The molecule has 11 heteroatoms. The highest BCUT2D eigenvalue weighted by atomic mass is 35.5. The normalized spacial score (nSPS) is 16.7. The van der Waals surface area contributed by atoms with Gasteiger partial charge in [0, 0.05) is 41.5 Å². The van der Waals surface area contributed by atoms with E-state index in [9.17, 15) is 13.6 Å². The summed E-state index contributed by atoms with van der Waals surface area (Å²) in [6.45, 7) is 5.50. The van der Waals surface area contributed by atoms with Crippen LogP contribution in [0.5, 0.6) is 0 Å². The number of hydrogen-bond acceptors (Lipinski definition) is 5. The summed E-state index contributed by atoms with van der Waals surface area (Å²) in [5.41, 5.74) is 2.42. The maximum absolute atomic E-state index is 15.9. The van der Waals surface area contributed by atoms with Crippen molar-refractivity contribution in [2.75, 3.05) is 24.5 Å². The molecule has 0 radical (unpaired) electrons. The van der Waals surface area contributed by atoms with Gasteiger partial charge in [-0.15, -0.1) is 0 Å². The summed E-state index contributed by atoms with van der Waals surface area (Å²) >= 11 is 7.55. The number of halogens is 4. The Kier molecular flexibility index (Phi) is 5.73. The molecular weight excluding hydrogens is 487 g/mol. The molecule has 1 fully saturated rings. The molecule has 0 aliphatic carbocycles. The van der Waals surface area contributed by atoms with Gasteiger partial charge in [0.25, 0.3) is 6.43 Å². The quantitative estimate of drug-likeness (QED) is 0.377. The Morgan fingerprint density at radius 2 is 2.12 bits per heavy atom. The number of benzene rings is 2. The van der Waals surface area contributed by atoms with Gasteiger partial charge in [-0.1, -0.05) is 24.2 Å². The Labute approximate surface area is 201 Å². The first-order valence-corrected chi connectivity index (χ1v) is 11.6. The second-order valence-corrected chi connectivity index (χ2v) is 9.26. The monoisotopic (exact) mass is 505 g/mol. The summed E-state index contributed by atoms with van der Waals surface area (Å²) in [5.74, 6) is -1.02. The van der Waals surface area contributed by atoms with Crippen LogP contribution in [-0.2, 0) is 4.79 Å². The van der Waals surface area contributed by atoms with Gasteiger partial charge >= 0.3 is 0 Å². The van der Waals surface area contributed by atoms with Gasteiger partial charge in [0.1, 0.15) is 16.6 Å². The second kappa shape index (κ2) is 8.59. The van der Waals surface area contributed by atoms with Crippen molar-refractivity contribution in [3.8, 4) is 11.1 Å². The van der Waals surface area contributed by atoms with E-state index in [1.54, 1.807) is 12.3 Å². The average Bonchev–Trinajstić information content (AvgIpc) is 3.46. The van der Waals surface area contributed by atoms with E-state index in [1.165, 1.54) is 9.80 Å². The zero-order valence-corrected chi connectivity index (χ0v) is 19.6. The van der Waals surface area contributed by atoms with Crippen LogP contribution in [-0.4, -0.2) is 57.5 Å². The summed E-state index contributed by atoms with van der Waals surface area (Å²) in [6, 6.07) is 4.02. The highest BCUT2D eigenvalue weighted by molar-refractivity contribution is 7.11. The number of anilines is 1. The van der Waals surface area contributed by atoms with Crippen molar-refractivity contribution >= 4 is 55.8 Å². The van der Waals surface area contributed by atoms with E-state index in [-0.39, 0.29) is 35.7 Å². The molecule has 176 valence electrons. The summed E-state index contributed by atoms with van der Waals surface area (Å²) in [4.78, 5) is 14.8. The number of aryl methyl sites for hydroxylation is 1. The smallest absolute Gasteiger partial charge is 0.260 e. The van der Waals surface area contributed by atoms with Crippen molar-refractivity contribution in [3.63, 3.8) is 0 Å². The van der Waals surface area contributed by atoms with Gasteiger partial charge in [-0.2, -0.15) is 9.47 Å². The van der Waals surface area contributed by atoms with Crippen LogP contribution in [0.3, 0.4) is 0 Å². The predicted molar refractivity (Wildman–Crippen MR) is 128 cm³/mol. The standard InChI is InChI=1S/C23H19ClF3N5OS/c1-3-17(33)31-6-7-32(16(10-31)22(26)27)23-12-8-14(24)19(20(25)21(12)30-34-23)18-11(2)4-5-15-13(18)9-28-29-15/h3-5,8-9,16,22H,1,6-7,10H2,2H3,(H,28,29)/t16-/m1/s1. The van der Waals surface area contributed by atoms with Crippen molar-refractivity contribution in [1.82, 2.24) is 19.5 Å². The molecule has 0 bridgehead atoms. The van der Waals surface area contributed by atoms with Crippen molar-refractivity contribution in [1.29, 1.82) is 0 Å². The van der Waals surface area contributed by atoms with E-state index in [0.29, 0.717) is 16.0 Å². The van der Waals surface area contributed by atoms with Crippen LogP contribution < -0.4 is 4.90 Å². The van der Waals surface area contributed by atoms with E-state index in [0.717, 1.165) is 34.1 Å². The van der Waals surface area contributed by atoms with E-state index >= 15 is 4.39 Å². The first-order valence-electron chi connectivity index (χ1n) is 10.5. The Bertz CT molecular complexity index is 1440. The third kappa shape index (κ3) is 3.52. The van der Waals surface area contributed by atoms with Gasteiger partial charge in [-0.25, -0.2) is 13.2 Å². The molecule has 0 unspecified atom stereocenters. The third-order valence-electron chi connectivity index (χ3n) is 6.19. The van der Waals surface area contributed by atoms with Gasteiger partial charge < -0.3 is 9.80 Å². The predicted octanol–water partition coefficient (Wildman–Crippen LogP) is 5.41. The molecule has 1 amide bonds. The van der Waals surface area contributed by atoms with Gasteiger partial charge in [-0.3, -0.25) is 9.89 Å². The molecule has 3 heterocycles. The number of nitrogens with one attached hydrogen (secondary N) is 1. The fourth-order valence-electron chi connectivity index (χ4n) is 4.50. The average molecular weight is 506 g/mol. The number of amides is 1. The van der Waals surface area contributed by atoms with Crippen LogP contribution in [0.25, 0.3) is 32.9 Å². The fourth-order valence-corrected chi connectivity index (χ4v) is 5.73. The number of carbonyl (C=O) groups is 1. The maximum Gasteiger partial charge on any atom is 0.260 e. The van der Waals surface area contributed by atoms with E-state index in [2.05, 4.69) is 21.1 Å². The highest BCUT2D eigenvalue weighted by Crippen LogP contribution is 2.44. The van der Waals surface area contributed by atoms with Gasteiger partial charge in [0.05, 0.1) is 16.7 Å². The van der Waals surface area contributed by atoms with Gasteiger partial charge in [0.2, 0.25) is 5.91 Å². The molecule has 2 aromatic heterocycles. The molecule has 2 aromatic carbocycles. The first kappa shape index (κ1) is 22.7. The minimum atomic E-state index is -2.72. The number of hydrogen-bond donors (Lipinski definition) is 1. The maximum atomic E-state index is 15.9. The van der Waals surface area contributed by atoms with Crippen molar-refractivity contribution < 1.29 is 18.0 Å². The molecule has 5 rings (SSSR count). The molecule has 1 atom stereocenters. The van der Waals surface area contributed by atoms with E-state index < -0.39 is 24.2 Å². The number of H-pyrrole nitrogens is 1. The summed E-state index contributed by atoms with van der Waals surface area (Å²) in [6.07, 6.45) is -0.000512. The van der Waals surface area contributed by atoms with Crippen LogP contribution in [0.1, 0.15) is 5.56 Å². The lowest BCUT2D eigenvalue weighted by atomic mass is 9.95. The first-order chi connectivity index (χ1) is 16.3. The minimum absolute atomic E-state index is 0.0666. The zero-order chi connectivity index (χ0) is 24.1. The molecule has 1 N–H and O–H groups in total. The number of rotatable bonds is 4. The Morgan fingerprint density at radius 1 is 1.32 bits per heavy atom. The second-order valence-electron chi connectivity index (χ2n) is 8.10. The zero-order valence-electron chi connectivity index (χ0n) is 18.0. The topological polar surface area (TPSA) is 65.1 Å². The molecule has 0 saturated carbocycles. The minimum Gasteiger partial charge on any atom is -0.349 e. The van der Waals surface area contributed by atoms with Crippen LogP contribution in [0, 0.1) is 12.7 Å². The third-order valence-corrected chi connectivity index (χ3v) is 7.38. The number of nitrogens with zero attached hydrogens (tertiary/aromatic N) is 4. The number of piperazine rings is 1. The number of alkyl halides is 2. The van der Waals surface area contributed by atoms with Crippen LogP contribution in [0.4, 0.5) is 18.2 Å². The van der Waals surface area contributed by atoms with Crippen LogP contribution in [0.2, 0.25) is 5.02 Å². The summed E-state index contributed by atoms with van der Waals surface area (Å²) in [7, 11) is 0. The number of aromatic nitrogens is 3. The number of carbonyl (C=O) groups excluding carboxylic acids is 1. The Hall–Kier alpha value is -3.11. The largest absolute Gasteiger partial charge is 0.349 e. The van der Waals surface area contributed by atoms with E-state index in [1.807, 2.05) is 19.1 Å². The Balaban J connectivity index is 1.62. The lowest BCUT2D eigenvalue weighted by molar-refractivity contribution is -0.127. The SMILES string of the molecule is C=CC(=O)N1CCN(c2snc3c(F)c(-c4c(C)ccc5[nH]ncc45)c(Cl)cc23)[C@@H](C(F)F)C1. The van der Waals surface area contributed by atoms with Crippen LogP contribution >= 0.6 is 23.1 Å². The molecule has 6 nitrogen and oxygen atoms in total. The lowest BCUT2D eigenvalue weighted by Crippen LogP contribution is -2.57. The van der Waals surface area contributed by atoms with Crippen molar-refractivity contribution in [2.24, 2.45) is 0 Å². The molecule has 1 aliphatic rings. The number of aromatic amines is 1. The van der Waals surface area contributed by atoms with Crippen molar-refractivity contribution in [3.05, 3.63) is 53.5 Å². The summed E-state index contributed by atoms with van der Waals surface area (Å²) in [5, 5.41) is 8.55. The molecule has 1 aliphatic heterocycles. The molecule has 4 aromatic rings. The van der Waals surface area contributed by atoms with E-state index in [4.69, 9.17) is 11.6 Å². The van der Waals surface area contributed by atoms with Crippen molar-refractivity contribution in [2.45, 2.75) is 19.4 Å². The summed E-state index contributed by atoms with van der Waals surface area (Å²) < 4.78 is 48.1. The fraction of sp³-hybridized carbons (Fsp3) is 0.261. The van der Waals surface area contributed by atoms with Crippen LogP contribution in [0.15, 0.2) is 37.1 Å². The molecule has 0 spiro atoms. The Morgan fingerprint density at radius 3 is 2.85 bits per heavy atom. The molecule has 34 heavy (non-hydrogen) atoms. The highest BCUT2D eigenvalue weighted by Gasteiger charge is 2.37. The molecular formula is C23H19ClF3N5OS. The van der Waals surface area contributed by atoms with Gasteiger partial charge in [-0.05, 0) is 42.2 Å².